The van der Waals surface area contributed by atoms with Gasteiger partial charge in [0.1, 0.15) is 0 Å². The van der Waals surface area contributed by atoms with E-state index < -0.39 is 0 Å². The summed E-state index contributed by atoms with van der Waals surface area (Å²) in [7, 11) is 0. The molecule has 0 radical (unpaired) electrons. The van der Waals surface area contributed by atoms with E-state index in [1.54, 1.807) is 0 Å². The average molecular weight is 115 g/mol. The van der Waals surface area contributed by atoms with Gasteiger partial charge in [-0.1, -0.05) is 34.6 Å². The second kappa shape index (κ2) is 3.11. The third-order valence-electron chi connectivity index (χ3n) is 1.82. The molecular weight excluding hydrogens is 96.1 g/mol. The van der Waals surface area contributed by atoms with Crippen LogP contribution in [0.3, 0.4) is 0 Å². The summed E-state index contributed by atoms with van der Waals surface area (Å²) >= 11 is 0. The lowest BCUT2D eigenvalue weighted by Crippen LogP contribution is -2.10. The molecule has 0 heteroatoms. The minimum atomic E-state index is -0.250. The van der Waals surface area contributed by atoms with Gasteiger partial charge in [-0.2, -0.15) is 0 Å². The van der Waals surface area contributed by atoms with E-state index >= 15 is 0 Å². The van der Waals surface area contributed by atoms with Crippen molar-refractivity contribution in [3.63, 3.8) is 0 Å². The third-order valence-corrected chi connectivity index (χ3v) is 1.82. The first-order valence-corrected chi connectivity index (χ1v) is 3.39. The van der Waals surface area contributed by atoms with E-state index in [1.807, 2.05) is 6.92 Å². The smallest absolute Gasteiger partial charge is 0.0305 e. The summed E-state index contributed by atoms with van der Waals surface area (Å²) in [4.78, 5) is 0. The maximum absolute atomic E-state index is 7.84. The van der Waals surface area contributed by atoms with Crippen molar-refractivity contribution in [3.05, 3.63) is 0 Å². The van der Waals surface area contributed by atoms with Crippen LogP contribution in [0.25, 0.3) is 0 Å². The van der Waals surface area contributed by atoms with Crippen LogP contribution in [0.15, 0.2) is 0 Å². The summed E-state index contributed by atoms with van der Waals surface area (Å²) in [5.41, 5.74) is 0. The molecule has 0 atom stereocenters. The summed E-state index contributed by atoms with van der Waals surface area (Å²) in [6, 6.07) is 0. The fourth-order valence-corrected chi connectivity index (χ4v) is 0.667. The number of hydrogen-bond donors (Lipinski definition) is 0. The highest BCUT2D eigenvalue weighted by Crippen LogP contribution is 2.18. The molecule has 0 aliphatic carbocycles. The van der Waals surface area contributed by atoms with Crippen LogP contribution in [0.1, 0.15) is 36.0 Å². The van der Waals surface area contributed by atoms with Crippen LogP contribution in [0.2, 0.25) is 0 Å². The van der Waals surface area contributed by atoms with Gasteiger partial charge >= 0.3 is 0 Å². The molecule has 0 amide bonds. The lowest BCUT2D eigenvalue weighted by Gasteiger charge is -2.18. The zero-order valence-electron chi connectivity index (χ0n) is 7.65. The van der Waals surface area contributed by atoms with Crippen LogP contribution < -0.4 is 0 Å². The molecule has 8 heavy (non-hydrogen) atoms. The Kier molecular flexibility index (Phi) is 2.38. The standard InChI is InChI=1S/C8H18/c1-6(2)8(5)7(3)4/h6-8H,1-5H3/i8D. The molecule has 50 valence electrons. The molecule has 0 bridgehead atoms. The molecule has 0 aromatic heterocycles. The van der Waals surface area contributed by atoms with Crippen molar-refractivity contribution in [3.8, 4) is 0 Å². The molecule has 0 aliphatic heterocycles. The summed E-state index contributed by atoms with van der Waals surface area (Å²) in [6.45, 7) is 10.4. The van der Waals surface area contributed by atoms with Crippen LogP contribution in [-0.4, -0.2) is 0 Å². The van der Waals surface area contributed by atoms with E-state index in [9.17, 15) is 0 Å². The monoisotopic (exact) mass is 115 g/mol. The van der Waals surface area contributed by atoms with Crippen LogP contribution in [0.5, 0.6) is 0 Å². The van der Waals surface area contributed by atoms with E-state index in [-0.39, 0.29) is 5.89 Å². The van der Waals surface area contributed by atoms with Crippen molar-refractivity contribution in [2.45, 2.75) is 34.6 Å². The Labute approximate surface area is 54.7 Å². The summed E-state index contributed by atoms with van der Waals surface area (Å²) < 4.78 is 7.84. The second-order valence-corrected chi connectivity index (χ2v) is 3.05. The third kappa shape index (κ3) is 2.34. The Morgan fingerprint density at radius 3 is 1.12 bits per heavy atom. The quantitative estimate of drug-likeness (QED) is 0.519. The largest absolute Gasteiger partial charge is 0.0625 e. The summed E-state index contributed by atoms with van der Waals surface area (Å²) in [5, 5.41) is 0. The van der Waals surface area contributed by atoms with Crippen molar-refractivity contribution >= 4 is 0 Å². The van der Waals surface area contributed by atoms with Crippen molar-refractivity contribution in [2.24, 2.45) is 17.7 Å². The average Bonchev–Trinajstić information content (AvgIpc) is 1.65. The predicted octanol–water partition coefficient (Wildman–Crippen LogP) is 2.93. The van der Waals surface area contributed by atoms with Crippen LogP contribution in [0, 0.1) is 17.7 Å². The second-order valence-electron chi connectivity index (χ2n) is 3.05. The molecule has 0 nitrogen and oxygen atoms in total. The fourth-order valence-electron chi connectivity index (χ4n) is 0.667. The zero-order valence-corrected chi connectivity index (χ0v) is 6.65. The molecule has 0 saturated carbocycles. The SMILES string of the molecule is [2H]C(C)(C(C)C)C(C)C. The van der Waals surface area contributed by atoms with Crippen molar-refractivity contribution < 1.29 is 1.37 Å². The van der Waals surface area contributed by atoms with E-state index in [0.29, 0.717) is 11.8 Å². The molecular formula is C8H18. The van der Waals surface area contributed by atoms with E-state index in [2.05, 4.69) is 27.7 Å². The van der Waals surface area contributed by atoms with E-state index in [4.69, 9.17) is 1.37 Å². The van der Waals surface area contributed by atoms with Crippen LogP contribution in [-0.2, 0) is 0 Å². The molecule has 0 N–H and O–H groups in total. The topological polar surface area (TPSA) is 0 Å². The summed E-state index contributed by atoms with van der Waals surface area (Å²) in [5.74, 6) is 0.662. The van der Waals surface area contributed by atoms with Gasteiger partial charge in [0.15, 0.2) is 0 Å². The highest BCUT2D eigenvalue weighted by molar-refractivity contribution is 4.59. The van der Waals surface area contributed by atoms with Crippen molar-refractivity contribution in [2.75, 3.05) is 0 Å². The van der Waals surface area contributed by atoms with Crippen LogP contribution in [0.4, 0.5) is 0 Å². The number of hydrogen-bond acceptors (Lipinski definition) is 0. The van der Waals surface area contributed by atoms with Crippen LogP contribution >= 0.6 is 0 Å². The fraction of sp³-hybridized carbons (Fsp3) is 1.00. The Bertz CT molecular complexity index is 72.6. The molecule has 0 aliphatic rings. The predicted molar refractivity (Wildman–Crippen MR) is 38.8 cm³/mol. The van der Waals surface area contributed by atoms with Gasteiger partial charge in [-0.15, -0.1) is 0 Å². The Morgan fingerprint density at radius 2 is 1.12 bits per heavy atom. The summed E-state index contributed by atoms with van der Waals surface area (Å²) in [6.07, 6.45) is 0. The Balaban J connectivity index is 4.01. The van der Waals surface area contributed by atoms with Gasteiger partial charge in [0, 0.05) is 1.37 Å². The molecule has 0 aromatic carbocycles. The van der Waals surface area contributed by atoms with E-state index in [0.717, 1.165) is 0 Å². The molecule has 0 aromatic rings. The van der Waals surface area contributed by atoms with E-state index in [1.165, 1.54) is 0 Å². The minimum absolute atomic E-state index is 0.250. The van der Waals surface area contributed by atoms with Gasteiger partial charge in [-0.25, -0.2) is 0 Å². The molecule has 0 spiro atoms. The molecule has 0 unspecified atom stereocenters. The van der Waals surface area contributed by atoms with Gasteiger partial charge in [-0.05, 0) is 17.7 Å². The lowest BCUT2D eigenvalue weighted by atomic mass is 9.88. The highest BCUT2D eigenvalue weighted by atomic mass is 14.2. The molecule has 0 saturated heterocycles. The maximum Gasteiger partial charge on any atom is 0.0305 e. The first kappa shape index (κ1) is 6.12. The van der Waals surface area contributed by atoms with Crippen molar-refractivity contribution in [1.29, 1.82) is 0 Å². The molecule has 0 heterocycles. The first-order valence-electron chi connectivity index (χ1n) is 3.89. The normalized spacial score (nSPS) is 15.1. The minimum Gasteiger partial charge on any atom is -0.0625 e. The highest BCUT2D eigenvalue weighted by Gasteiger charge is 2.09. The van der Waals surface area contributed by atoms with Gasteiger partial charge in [0.05, 0.1) is 0 Å². The van der Waals surface area contributed by atoms with Crippen molar-refractivity contribution in [1.82, 2.24) is 0 Å². The Hall–Kier alpha value is 0. The molecule has 0 rings (SSSR count). The van der Waals surface area contributed by atoms with Gasteiger partial charge in [0.25, 0.3) is 0 Å². The van der Waals surface area contributed by atoms with Gasteiger partial charge < -0.3 is 0 Å². The zero-order chi connectivity index (χ0) is 7.65. The lowest BCUT2D eigenvalue weighted by molar-refractivity contribution is 0.316. The first-order chi connectivity index (χ1) is 3.89. The molecule has 0 fully saturated rings. The Morgan fingerprint density at radius 1 is 0.875 bits per heavy atom. The number of rotatable bonds is 2. The maximum atomic E-state index is 7.84. The van der Waals surface area contributed by atoms with Gasteiger partial charge in [-0.3, -0.25) is 0 Å². The van der Waals surface area contributed by atoms with Gasteiger partial charge in [0.2, 0.25) is 0 Å².